The molecule has 0 radical (unpaired) electrons. The predicted molar refractivity (Wildman–Crippen MR) is 176 cm³/mol. The molecule has 4 heterocycles. The Hall–Kier alpha value is -4.24. The number of hydrogen-bond acceptors (Lipinski definition) is 5. The van der Waals surface area contributed by atoms with Gasteiger partial charge >= 0.3 is 0 Å². The Morgan fingerprint density at radius 2 is 1.52 bits per heavy atom. The first-order valence-corrected chi connectivity index (χ1v) is 16.0. The molecular formula is C37H36ClN3O5. The van der Waals surface area contributed by atoms with Crippen LogP contribution in [0.25, 0.3) is 0 Å². The number of aliphatic hydroxyl groups excluding tert-OH is 1. The van der Waals surface area contributed by atoms with Crippen molar-refractivity contribution < 1.29 is 24.2 Å². The summed E-state index contributed by atoms with van der Waals surface area (Å²) >= 11 is 6.70. The summed E-state index contributed by atoms with van der Waals surface area (Å²) < 4.78 is 7.00. The summed E-state index contributed by atoms with van der Waals surface area (Å²) in [5.41, 5.74) is 0.347. The second kappa shape index (κ2) is 11.5. The number of rotatable bonds is 6. The van der Waals surface area contributed by atoms with E-state index in [1.165, 1.54) is 4.90 Å². The fourth-order valence-corrected chi connectivity index (χ4v) is 8.32. The number of likely N-dealkylation sites (tertiary alicyclic amines) is 1. The number of anilines is 2. The highest BCUT2D eigenvalue weighted by Crippen LogP contribution is 2.58. The molecule has 0 saturated carbocycles. The minimum absolute atomic E-state index is 0.198. The maximum atomic E-state index is 15.0. The van der Waals surface area contributed by atoms with Crippen LogP contribution < -0.4 is 9.80 Å². The Morgan fingerprint density at radius 3 is 2.22 bits per heavy atom. The van der Waals surface area contributed by atoms with E-state index < -0.39 is 35.1 Å². The number of nitrogens with zero attached hydrogens (tertiary/aromatic N) is 3. The van der Waals surface area contributed by atoms with Gasteiger partial charge in [0.25, 0.3) is 5.91 Å². The van der Waals surface area contributed by atoms with Gasteiger partial charge in [0.05, 0.1) is 40.8 Å². The second-order valence-corrected chi connectivity index (χ2v) is 13.1. The van der Waals surface area contributed by atoms with Gasteiger partial charge in [-0.15, -0.1) is 0 Å². The molecule has 3 aromatic rings. The van der Waals surface area contributed by atoms with Crippen LogP contribution in [0, 0.1) is 18.8 Å². The van der Waals surface area contributed by atoms with Gasteiger partial charge < -0.3 is 24.5 Å². The zero-order valence-electron chi connectivity index (χ0n) is 25.8. The van der Waals surface area contributed by atoms with E-state index in [-0.39, 0.29) is 30.9 Å². The van der Waals surface area contributed by atoms with Crippen molar-refractivity contribution in [3.63, 3.8) is 0 Å². The first-order chi connectivity index (χ1) is 22.2. The van der Waals surface area contributed by atoms with Crippen molar-refractivity contribution in [2.24, 2.45) is 11.8 Å². The predicted octanol–water partition coefficient (Wildman–Crippen LogP) is 4.73. The van der Waals surface area contributed by atoms with E-state index in [2.05, 4.69) is 0 Å². The third-order valence-corrected chi connectivity index (χ3v) is 10.2. The van der Waals surface area contributed by atoms with Crippen molar-refractivity contribution >= 4 is 40.7 Å². The summed E-state index contributed by atoms with van der Waals surface area (Å²) in [7, 11) is 0. The molecule has 46 heavy (non-hydrogen) atoms. The van der Waals surface area contributed by atoms with Crippen LogP contribution in [0.3, 0.4) is 0 Å². The fourth-order valence-electron chi connectivity index (χ4n) is 8.00. The third-order valence-electron chi connectivity index (χ3n) is 9.94. The molecule has 0 aliphatic carbocycles. The number of carbonyl (C=O) groups is 3. The van der Waals surface area contributed by atoms with E-state index in [0.29, 0.717) is 29.4 Å². The number of carbonyl (C=O) groups excluding carboxylic acids is 3. The molecule has 4 aliphatic heterocycles. The van der Waals surface area contributed by atoms with Crippen molar-refractivity contribution in [2.75, 3.05) is 29.5 Å². The quantitative estimate of drug-likeness (QED) is 0.395. The first kappa shape index (κ1) is 30.4. The van der Waals surface area contributed by atoms with Crippen LogP contribution in [-0.4, -0.2) is 70.7 Å². The lowest BCUT2D eigenvalue weighted by molar-refractivity contribution is -0.148. The van der Waals surface area contributed by atoms with E-state index >= 15 is 4.79 Å². The standard InChI is InChI=1S/C37H36ClN3O5/c1-24-12-9-17-28(38)31(24)40-21-11-19-37-30(29-33(43)39(26-15-7-4-8-16-26)20-10-18-36(29,2)46-37)34(44)41(32(37)35(40)45)27(23-42)22-25-13-5-3-6-14-25/h3-19,27,29-30,32,42H,20-23H2,1-2H3/t27-,29+,30+,32?,36-,37+/m1/s1. The number of aliphatic hydroxyl groups is 1. The van der Waals surface area contributed by atoms with E-state index in [0.717, 1.165) is 11.1 Å². The summed E-state index contributed by atoms with van der Waals surface area (Å²) in [5.74, 6) is -2.95. The molecular weight excluding hydrogens is 602 g/mol. The Kier molecular flexibility index (Phi) is 7.62. The Labute approximate surface area is 273 Å². The highest BCUT2D eigenvalue weighted by molar-refractivity contribution is 6.34. The number of halogens is 1. The van der Waals surface area contributed by atoms with Crippen LogP contribution >= 0.6 is 11.6 Å². The molecule has 2 fully saturated rings. The molecule has 0 aromatic heterocycles. The molecule has 236 valence electrons. The van der Waals surface area contributed by atoms with E-state index in [1.807, 2.05) is 111 Å². The molecule has 6 atom stereocenters. The van der Waals surface area contributed by atoms with Crippen LogP contribution in [-0.2, 0) is 25.5 Å². The van der Waals surface area contributed by atoms with Gasteiger partial charge in [-0.25, -0.2) is 0 Å². The first-order valence-electron chi connectivity index (χ1n) is 15.7. The van der Waals surface area contributed by atoms with Gasteiger partial charge in [-0.05, 0) is 49.6 Å². The van der Waals surface area contributed by atoms with Crippen molar-refractivity contribution in [2.45, 2.75) is 43.6 Å². The highest BCUT2D eigenvalue weighted by atomic mass is 35.5. The van der Waals surface area contributed by atoms with Crippen LogP contribution in [0.4, 0.5) is 11.4 Å². The van der Waals surface area contributed by atoms with Crippen molar-refractivity contribution in [1.29, 1.82) is 0 Å². The average molecular weight is 638 g/mol. The largest absolute Gasteiger partial charge is 0.394 e. The smallest absolute Gasteiger partial charge is 0.253 e. The van der Waals surface area contributed by atoms with Crippen molar-refractivity contribution in [3.8, 4) is 0 Å². The Balaban J connectivity index is 1.39. The molecule has 8 nitrogen and oxygen atoms in total. The fraction of sp³-hybridized carbons (Fsp3) is 0.324. The molecule has 1 spiro atoms. The van der Waals surface area contributed by atoms with Crippen LogP contribution in [0.2, 0.25) is 5.02 Å². The number of amides is 3. The minimum Gasteiger partial charge on any atom is -0.394 e. The number of hydrogen-bond donors (Lipinski definition) is 1. The second-order valence-electron chi connectivity index (χ2n) is 12.7. The van der Waals surface area contributed by atoms with Crippen molar-refractivity contribution in [1.82, 2.24) is 4.90 Å². The molecule has 3 amide bonds. The zero-order chi connectivity index (χ0) is 32.2. The molecule has 9 heteroatoms. The average Bonchev–Trinajstić information content (AvgIpc) is 3.33. The number of aryl methyl sites for hydroxylation is 1. The summed E-state index contributed by atoms with van der Waals surface area (Å²) in [4.78, 5) is 49.4. The number of fused-ring (bicyclic) bond motifs is 2. The Bertz CT molecular complexity index is 1730. The third kappa shape index (κ3) is 4.62. The lowest BCUT2D eigenvalue weighted by Crippen LogP contribution is -2.59. The summed E-state index contributed by atoms with van der Waals surface area (Å²) in [5, 5.41) is 11.2. The summed E-state index contributed by atoms with van der Waals surface area (Å²) in [6, 6.07) is 22.5. The lowest BCUT2D eigenvalue weighted by Gasteiger charge is -2.40. The summed E-state index contributed by atoms with van der Waals surface area (Å²) in [6.07, 6.45) is 7.74. The van der Waals surface area contributed by atoms with Gasteiger partial charge in [-0.3, -0.25) is 14.4 Å². The Morgan fingerprint density at radius 1 is 0.848 bits per heavy atom. The lowest BCUT2D eigenvalue weighted by atomic mass is 9.74. The number of ether oxygens (including phenoxy) is 1. The van der Waals surface area contributed by atoms with Gasteiger partial charge in [-0.2, -0.15) is 0 Å². The van der Waals surface area contributed by atoms with Gasteiger partial charge in [0.15, 0.2) is 0 Å². The topological polar surface area (TPSA) is 90.4 Å². The maximum Gasteiger partial charge on any atom is 0.253 e. The van der Waals surface area contributed by atoms with E-state index in [1.54, 1.807) is 15.9 Å². The number of benzene rings is 3. The maximum absolute atomic E-state index is 15.0. The molecule has 3 aromatic carbocycles. The molecule has 0 bridgehead atoms. The number of para-hydroxylation sites is 2. The van der Waals surface area contributed by atoms with E-state index in [9.17, 15) is 14.7 Å². The molecule has 4 aliphatic rings. The molecule has 2 saturated heterocycles. The molecule has 1 unspecified atom stereocenters. The van der Waals surface area contributed by atoms with Gasteiger partial charge in [0, 0.05) is 18.8 Å². The highest BCUT2D eigenvalue weighted by Gasteiger charge is 2.75. The normalized spacial score (nSPS) is 29.3. The van der Waals surface area contributed by atoms with Gasteiger partial charge in [0.1, 0.15) is 11.6 Å². The SMILES string of the molecule is Cc1cccc(Cl)c1N1CC=C[C@]23O[C@]4(C)C=CCN(c5ccccc5)C(=O)[C@@H]4[C@H]2C(=O)N([C@@H](CO)Cc2ccccc2)C3C1=O. The monoisotopic (exact) mass is 637 g/mol. The van der Waals surface area contributed by atoms with Crippen LogP contribution in [0.1, 0.15) is 18.1 Å². The molecule has 1 N–H and O–H groups in total. The minimum atomic E-state index is -1.47. The van der Waals surface area contributed by atoms with Gasteiger partial charge in [0.2, 0.25) is 11.8 Å². The van der Waals surface area contributed by atoms with Crippen molar-refractivity contribution in [3.05, 3.63) is 119 Å². The molecule has 7 rings (SSSR count). The summed E-state index contributed by atoms with van der Waals surface area (Å²) in [6.45, 7) is 3.85. The van der Waals surface area contributed by atoms with Gasteiger partial charge in [-0.1, -0.05) is 96.6 Å². The zero-order valence-corrected chi connectivity index (χ0v) is 26.5. The van der Waals surface area contributed by atoms with E-state index in [4.69, 9.17) is 16.3 Å². The van der Waals surface area contributed by atoms with Crippen LogP contribution in [0.5, 0.6) is 0 Å². The van der Waals surface area contributed by atoms with Crippen LogP contribution in [0.15, 0.2) is 103 Å².